The minimum atomic E-state index is -4.95. The van der Waals surface area contributed by atoms with Crippen LogP contribution in [0.4, 0.5) is 17.6 Å². The highest BCUT2D eigenvalue weighted by molar-refractivity contribution is 7.89. The van der Waals surface area contributed by atoms with Crippen molar-refractivity contribution in [2.75, 3.05) is 20.2 Å². The van der Waals surface area contributed by atoms with Gasteiger partial charge in [-0.1, -0.05) is 12.1 Å². The van der Waals surface area contributed by atoms with E-state index in [2.05, 4.69) is 10.0 Å². The van der Waals surface area contributed by atoms with E-state index in [9.17, 15) is 26.0 Å². The van der Waals surface area contributed by atoms with Gasteiger partial charge >= 0.3 is 6.18 Å². The number of hydrogen-bond donors (Lipinski definition) is 2. The van der Waals surface area contributed by atoms with E-state index >= 15 is 0 Å². The van der Waals surface area contributed by atoms with Crippen molar-refractivity contribution in [1.29, 1.82) is 0 Å². The van der Waals surface area contributed by atoms with Crippen LogP contribution in [0.2, 0.25) is 0 Å². The highest BCUT2D eigenvalue weighted by Gasteiger charge is 2.38. The summed E-state index contributed by atoms with van der Waals surface area (Å²) in [6.07, 6.45) is -4.00. The van der Waals surface area contributed by atoms with Gasteiger partial charge in [0.05, 0.1) is 23.1 Å². The van der Waals surface area contributed by atoms with Gasteiger partial charge in [0, 0.05) is 6.04 Å². The highest BCUT2D eigenvalue weighted by atomic mass is 32.2. The van der Waals surface area contributed by atoms with Gasteiger partial charge < -0.3 is 10.1 Å². The molecule has 0 aromatic heterocycles. The summed E-state index contributed by atoms with van der Waals surface area (Å²) < 4.78 is 88.2. The predicted octanol–water partition coefficient (Wildman–Crippen LogP) is 3.55. The lowest BCUT2D eigenvalue weighted by atomic mass is 10.0. The number of alkyl halides is 3. The molecule has 0 saturated carbocycles. The first kappa shape index (κ1) is 21.5. The average molecular weight is 432 g/mol. The molecule has 29 heavy (non-hydrogen) atoms. The summed E-state index contributed by atoms with van der Waals surface area (Å²) in [5.41, 5.74) is -1.66. The van der Waals surface area contributed by atoms with Gasteiger partial charge in [-0.15, -0.1) is 0 Å². The lowest BCUT2D eigenvalue weighted by molar-refractivity contribution is -0.139. The number of hydrogen-bond acceptors (Lipinski definition) is 4. The fourth-order valence-corrected chi connectivity index (χ4v) is 4.83. The van der Waals surface area contributed by atoms with E-state index in [-0.39, 0.29) is 16.9 Å². The molecule has 0 amide bonds. The summed E-state index contributed by atoms with van der Waals surface area (Å²) in [6.45, 7) is 1.15. The molecule has 0 aliphatic carbocycles. The normalized spacial score (nSPS) is 16.0. The van der Waals surface area contributed by atoms with E-state index in [1.807, 2.05) is 0 Å². The zero-order chi connectivity index (χ0) is 21.2. The second-order valence-corrected chi connectivity index (χ2v) is 8.35. The van der Waals surface area contributed by atoms with Crippen molar-refractivity contribution in [3.63, 3.8) is 0 Å². The second kappa shape index (κ2) is 8.29. The lowest BCUT2D eigenvalue weighted by Crippen LogP contribution is -2.43. The van der Waals surface area contributed by atoms with Crippen molar-refractivity contribution in [2.45, 2.75) is 30.0 Å². The third kappa shape index (κ3) is 4.71. The Morgan fingerprint density at radius 1 is 1.14 bits per heavy atom. The number of ether oxygens (including phenoxy) is 1. The van der Waals surface area contributed by atoms with Gasteiger partial charge in [0.25, 0.3) is 0 Å². The lowest BCUT2D eigenvalue weighted by Gasteiger charge is -2.24. The number of rotatable bonds is 5. The minimum Gasteiger partial charge on any atom is -0.496 e. The quantitative estimate of drug-likeness (QED) is 0.710. The van der Waals surface area contributed by atoms with E-state index in [0.29, 0.717) is 32.0 Å². The first-order valence-electron chi connectivity index (χ1n) is 8.90. The molecular weight excluding hydrogens is 412 g/mol. The molecule has 1 aliphatic rings. The van der Waals surface area contributed by atoms with Crippen LogP contribution in [0.1, 0.15) is 18.4 Å². The molecule has 0 unspecified atom stereocenters. The summed E-state index contributed by atoms with van der Waals surface area (Å²) in [7, 11) is -3.15. The molecule has 3 rings (SSSR count). The molecule has 1 fully saturated rings. The van der Waals surface area contributed by atoms with Gasteiger partial charge in [-0.25, -0.2) is 17.5 Å². The molecule has 2 N–H and O–H groups in total. The minimum absolute atomic E-state index is 0.0431. The zero-order valence-electron chi connectivity index (χ0n) is 15.5. The number of piperidine rings is 1. The third-order valence-electron chi connectivity index (χ3n) is 4.72. The third-order valence-corrected chi connectivity index (χ3v) is 6.30. The fourth-order valence-electron chi connectivity index (χ4n) is 3.32. The summed E-state index contributed by atoms with van der Waals surface area (Å²) >= 11 is 0. The molecule has 0 radical (unpaired) electrons. The first-order chi connectivity index (χ1) is 13.6. The topological polar surface area (TPSA) is 67.4 Å². The van der Waals surface area contributed by atoms with E-state index in [1.54, 1.807) is 0 Å². The van der Waals surface area contributed by atoms with Crippen molar-refractivity contribution < 1.29 is 30.7 Å². The molecule has 5 nitrogen and oxygen atoms in total. The largest absolute Gasteiger partial charge is 0.496 e. The van der Waals surface area contributed by atoms with Gasteiger partial charge in [-0.2, -0.15) is 13.2 Å². The van der Waals surface area contributed by atoms with Crippen LogP contribution in [0, 0.1) is 5.82 Å². The second-order valence-electron chi connectivity index (χ2n) is 6.67. The molecule has 0 spiro atoms. The highest BCUT2D eigenvalue weighted by Crippen LogP contribution is 2.40. The molecule has 0 atom stereocenters. The Hall–Kier alpha value is -2.17. The molecule has 0 bridgehead atoms. The van der Waals surface area contributed by atoms with Crippen LogP contribution in [0.25, 0.3) is 11.1 Å². The Balaban J connectivity index is 2.08. The maximum Gasteiger partial charge on any atom is 0.417 e. The van der Waals surface area contributed by atoms with Gasteiger partial charge in [0.15, 0.2) is 0 Å². The monoisotopic (exact) mass is 432 g/mol. The Morgan fingerprint density at radius 3 is 2.45 bits per heavy atom. The summed E-state index contributed by atoms with van der Waals surface area (Å²) in [5.74, 6) is -0.734. The van der Waals surface area contributed by atoms with Crippen molar-refractivity contribution in [2.24, 2.45) is 0 Å². The van der Waals surface area contributed by atoms with Crippen LogP contribution in [-0.4, -0.2) is 34.7 Å². The summed E-state index contributed by atoms with van der Waals surface area (Å²) in [5, 5.41) is 3.06. The van der Waals surface area contributed by atoms with Crippen LogP contribution in [0.15, 0.2) is 41.3 Å². The number of benzene rings is 2. The van der Waals surface area contributed by atoms with Crippen LogP contribution in [-0.2, 0) is 16.2 Å². The van der Waals surface area contributed by atoms with Crippen LogP contribution in [0.5, 0.6) is 5.75 Å². The maximum atomic E-state index is 14.3. The molecule has 158 valence electrons. The SMILES string of the molecule is COc1cccc(F)c1-c1ccc(S(=O)(=O)NC2CCNCC2)c(C(F)(F)F)c1. The maximum absolute atomic E-state index is 14.3. The number of methoxy groups -OCH3 is 1. The molecule has 1 aliphatic heterocycles. The Labute approximate surface area is 166 Å². The van der Waals surface area contributed by atoms with E-state index < -0.39 is 38.5 Å². The molecule has 10 heteroatoms. The van der Waals surface area contributed by atoms with Crippen LogP contribution >= 0.6 is 0 Å². The van der Waals surface area contributed by atoms with E-state index in [0.717, 1.165) is 18.2 Å². The fraction of sp³-hybridized carbons (Fsp3) is 0.368. The molecule has 1 heterocycles. The van der Waals surface area contributed by atoms with Crippen molar-refractivity contribution >= 4 is 10.0 Å². The summed E-state index contributed by atoms with van der Waals surface area (Å²) in [6, 6.07) is 6.06. The van der Waals surface area contributed by atoms with E-state index in [1.165, 1.54) is 19.2 Å². The number of sulfonamides is 1. The summed E-state index contributed by atoms with van der Waals surface area (Å²) in [4.78, 5) is -0.886. The Morgan fingerprint density at radius 2 is 1.83 bits per heavy atom. The van der Waals surface area contributed by atoms with E-state index in [4.69, 9.17) is 4.74 Å². The van der Waals surface area contributed by atoms with Gasteiger partial charge in [-0.3, -0.25) is 0 Å². The van der Waals surface area contributed by atoms with Crippen LogP contribution in [0.3, 0.4) is 0 Å². The van der Waals surface area contributed by atoms with Crippen LogP contribution < -0.4 is 14.8 Å². The van der Waals surface area contributed by atoms with Crippen molar-refractivity contribution in [1.82, 2.24) is 10.0 Å². The molecule has 2 aromatic carbocycles. The molecular formula is C19H20F4N2O3S. The van der Waals surface area contributed by atoms with Gasteiger partial charge in [0.2, 0.25) is 10.0 Å². The molecule has 1 saturated heterocycles. The van der Waals surface area contributed by atoms with Crippen molar-refractivity contribution in [3.8, 4) is 16.9 Å². The smallest absolute Gasteiger partial charge is 0.417 e. The van der Waals surface area contributed by atoms with Crippen molar-refractivity contribution in [3.05, 3.63) is 47.8 Å². The number of nitrogens with one attached hydrogen (secondary N) is 2. The predicted molar refractivity (Wildman–Crippen MR) is 99.6 cm³/mol. The average Bonchev–Trinajstić information content (AvgIpc) is 2.67. The Bertz CT molecular complexity index is 987. The molecule has 2 aromatic rings. The standard InChI is InChI=1S/C19H20F4N2O3S/c1-28-16-4-2-3-15(20)18(16)12-5-6-17(14(11-12)19(21,22)23)29(26,27)25-13-7-9-24-10-8-13/h2-6,11,13,24-25H,7-10H2,1H3. The number of halogens is 4. The zero-order valence-corrected chi connectivity index (χ0v) is 16.3. The van der Waals surface area contributed by atoms with Gasteiger partial charge in [0.1, 0.15) is 11.6 Å². The Kier molecular flexibility index (Phi) is 6.16. The van der Waals surface area contributed by atoms with Gasteiger partial charge in [-0.05, 0) is 55.8 Å². The first-order valence-corrected chi connectivity index (χ1v) is 10.4.